The molecule has 1 heteroatoms. The Bertz CT molecular complexity index is 492. The fourth-order valence-electron chi connectivity index (χ4n) is 1.71. The maximum absolute atomic E-state index is 4.10. The zero-order valence-electron chi connectivity index (χ0n) is 11.9. The van der Waals surface area contributed by atoms with E-state index in [9.17, 15) is 0 Å². The number of hydrogen-bond donors (Lipinski definition) is 1. The first-order chi connectivity index (χ1) is 9.21. The number of rotatable bonds is 7. The number of nitrogens with one attached hydrogen (secondary N) is 1. The Morgan fingerprint density at radius 2 is 2.16 bits per heavy atom. The van der Waals surface area contributed by atoms with Crippen LogP contribution in [-0.4, -0.2) is 6.54 Å². The van der Waals surface area contributed by atoms with Gasteiger partial charge in [0.05, 0.1) is 0 Å². The summed E-state index contributed by atoms with van der Waals surface area (Å²) in [6.45, 7) is 12.8. The molecule has 19 heavy (non-hydrogen) atoms. The van der Waals surface area contributed by atoms with Crippen molar-refractivity contribution in [2.24, 2.45) is 0 Å². The topological polar surface area (TPSA) is 12.0 Å². The summed E-state index contributed by atoms with van der Waals surface area (Å²) in [6.07, 6.45) is 8.97. The van der Waals surface area contributed by atoms with Gasteiger partial charge in [-0.15, -0.1) is 0 Å². The first-order valence-corrected chi connectivity index (χ1v) is 6.67. The Morgan fingerprint density at radius 3 is 2.79 bits per heavy atom. The van der Waals surface area contributed by atoms with Crippen LogP contribution < -0.4 is 5.32 Å². The summed E-state index contributed by atoms with van der Waals surface area (Å²) < 4.78 is 0. The average Bonchev–Trinajstić information content (AvgIpc) is 2.47. The molecule has 1 N–H and O–H groups in total. The van der Waals surface area contributed by atoms with E-state index < -0.39 is 0 Å². The van der Waals surface area contributed by atoms with Crippen LogP contribution in [0.15, 0.2) is 67.3 Å². The monoisotopic (exact) mass is 253 g/mol. The van der Waals surface area contributed by atoms with Crippen LogP contribution in [0.1, 0.15) is 25.0 Å². The highest BCUT2D eigenvalue weighted by Crippen LogP contribution is 2.13. The van der Waals surface area contributed by atoms with Crippen molar-refractivity contribution in [3.8, 4) is 0 Å². The second kappa shape index (κ2) is 8.15. The van der Waals surface area contributed by atoms with Gasteiger partial charge in [0, 0.05) is 12.2 Å². The highest BCUT2D eigenvalue weighted by atomic mass is 14.9. The molecule has 0 atom stereocenters. The predicted octanol–water partition coefficient (Wildman–Crippen LogP) is 4.50. The molecule has 0 aliphatic carbocycles. The van der Waals surface area contributed by atoms with Crippen LogP contribution in [0.4, 0.5) is 0 Å². The molecule has 0 aliphatic heterocycles. The van der Waals surface area contributed by atoms with Gasteiger partial charge in [-0.1, -0.05) is 62.6 Å². The highest BCUT2D eigenvalue weighted by Gasteiger charge is 1.99. The zero-order valence-corrected chi connectivity index (χ0v) is 11.9. The maximum atomic E-state index is 4.10. The van der Waals surface area contributed by atoms with Crippen LogP contribution >= 0.6 is 0 Å². The lowest BCUT2D eigenvalue weighted by Crippen LogP contribution is -2.14. The normalized spacial score (nSPS) is 11.6. The molecule has 1 aromatic rings. The van der Waals surface area contributed by atoms with E-state index in [1.54, 1.807) is 0 Å². The van der Waals surface area contributed by atoms with E-state index in [2.05, 4.69) is 55.7 Å². The molecule has 0 aromatic heterocycles. The first kappa shape index (κ1) is 15.0. The third-order valence-corrected chi connectivity index (χ3v) is 2.95. The Hall–Kier alpha value is -2.02. The minimum atomic E-state index is 0.739. The van der Waals surface area contributed by atoms with Crippen molar-refractivity contribution in [3.63, 3.8) is 0 Å². The molecule has 1 nitrogen and oxygen atoms in total. The lowest BCUT2D eigenvalue weighted by molar-refractivity contribution is 0.978. The Morgan fingerprint density at radius 1 is 1.37 bits per heavy atom. The number of aryl methyl sites for hydroxylation is 1. The lowest BCUT2D eigenvalue weighted by Gasteiger charge is -2.11. The number of benzene rings is 1. The standard InChI is InChI=1S/C18H23N/c1-5-8-10-17(7-3)14-19-15(4)18-12-9-11-16(6-2)13-18/h5,7-13,19H,3-4,6,14H2,1-2H3/b8-5-,17-10+. The molecule has 1 rings (SSSR count). The molecule has 0 saturated carbocycles. The maximum Gasteiger partial charge on any atom is 0.0400 e. The molecule has 0 saturated heterocycles. The highest BCUT2D eigenvalue weighted by molar-refractivity contribution is 5.62. The molecule has 0 unspecified atom stereocenters. The van der Waals surface area contributed by atoms with E-state index in [-0.39, 0.29) is 0 Å². The number of allylic oxidation sites excluding steroid dienone is 3. The molecule has 0 amide bonds. The molecule has 1 aromatic carbocycles. The minimum absolute atomic E-state index is 0.739. The summed E-state index contributed by atoms with van der Waals surface area (Å²) >= 11 is 0. The van der Waals surface area contributed by atoms with E-state index in [1.807, 2.05) is 25.2 Å². The van der Waals surface area contributed by atoms with Crippen molar-refractivity contribution in [3.05, 3.63) is 78.4 Å². The van der Waals surface area contributed by atoms with Crippen LogP contribution in [-0.2, 0) is 6.42 Å². The van der Waals surface area contributed by atoms with Gasteiger partial charge < -0.3 is 5.32 Å². The van der Waals surface area contributed by atoms with Crippen LogP contribution in [0.25, 0.3) is 5.70 Å². The molecule has 0 bridgehead atoms. The average molecular weight is 253 g/mol. The van der Waals surface area contributed by atoms with E-state index >= 15 is 0 Å². The molecule has 0 heterocycles. The van der Waals surface area contributed by atoms with Crippen molar-refractivity contribution in [1.29, 1.82) is 0 Å². The fourth-order valence-corrected chi connectivity index (χ4v) is 1.71. The smallest absolute Gasteiger partial charge is 0.0400 e. The van der Waals surface area contributed by atoms with E-state index in [1.165, 1.54) is 5.56 Å². The van der Waals surface area contributed by atoms with Crippen molar-refractivity contribution >= 4 is 5.70 Å². The molecule has 0 aliphatic rings. The molecule has 100 valence electrons. The summed E-state index contributed by atoms with van der Waals surface area (Å²) in [5.41, 5.74) is 4.57. The second-order valence-corrected chi connectivity index (χ2v) is 4.36. The van der Waals surface area contributed by atoms with E-state index in [0.29, 0.717) is 0 Å². The fraction of sp³-hybridized carbons (Fsp3) is 0.222. The molecule has 0 spiro atoms. The third kappa shape index (κ3) is 5.01. The van der Waals surface area contributed by atoms with E-state index in [0.717, 1.165) is 29.8 Å². The summed E-state index contributed by atoms with van der Waals surface area (Å²) in [5.74, 6) is 0. The number of hydrogen-bond acceptors (Lipinski definition) is 1. The van der Waals surface area contributed by atoms with Gasteiger partial charge in [-0.3, -0.25) is 0 Å². The Labute approximate surface area is 117 Å². The van der Waals surface area contributed by atoms with Gasteiger partial charge in [0.25, 0.3) is 0 Å². The zero-order chi connectivity index (χ0) is 14.1. The van der Waals surface area contributed by atoms with Crippen LogP contribution in [0.3, 0.4) is 0 Å². The van der Waals surface area contributed by atoms with Gasteiger partial charge in [0.1, 0.15) is 0 Å². The summed E-state index contributed by atoms with van der Waals surface area (Å²) in [6, 6.07) is 8.47. The SMILES string of the molecule is C=C/C(=C\C=C/C)CNC(=C)c1cccc(CC)c1. The molecule has 0 radical (unpaired) electrons. The summed E-state index contributed by atoms with van der Waals surface area (Å²) in [7, 11) is 0. The Balaban J connectivity index is 2.66. The van der Waals surface area contributed by atoms with Crippen molar-refractivity contribution in [1.82, 2.24) is 5.32 Å². The minimum Gasteiger partial charge on any atom is -0.381 e. The van der Waals surface area contributed by atoms with Crippen LogP contribution in [0.2, 0.25) is 0 Å². The van der Waals surface area contributed by atoms with Gasteiger partial charge in [-0.2, -0.15) is 0 Å². The van der Waals surface area contributed by atoms with Gasteiger partial charge in [0.2, 0.25) is 0 Å². The lowest BCUT2D eigenvalue weighted by atomic mass is 10.1. The predicted molar refractivity (Wildman–Crippen MR) is 86.0 cm³/mol. The van der Waals surface area contributed by atoms with Gasteiger partial charge in [-0.25, -0.2) is 0 Å². The van der Waals surface area contributed by atoms with Crippen LogP contribution in [0.5, 0.6) is 0 Å². The van der Waals surface area contributed by atoms with Gasteiger partial charge in [0.15, 0.2) is 0 Å². The van der Waals surface area contributed by atoms with Gasteiger partial charge in [-0.05, 0) is 36.1 Å². The molecular formula is C18H23N. The summed E-state index contributed by atoms with van der Waals surface area (Å²) in [5, 5.41) is 3.34. The third-order valence-electron chi connectivity index (χ3n) is 2.95. The van der Waals surface area contributed by atoms with E-state index in [4.69, 9.17) is 0 Å². The quantitative estimate of drug-likeness (QED) is 0.706. The van der Waals surface area contributed by atoms with Crippen molar-refractivity contribution in [2.75, 3.05) is 6.54 Å². The van der Waals surface area contributed by atoms with Crippen LogP contribution in [0, 0.1) is 0 Å². The van der Waals surface area contributed by atoms with Crippen molar-refractivity contribution in [2.45, 2.75) is 20.3 Å². The Kier molecular flexibility index (Phi) is 6.45. The van der Waals surface area contributed by atoms with Crippen molar-refractivity contribution < 1.29 is 0 Å². The molecular weight excluding hydrogens is 230 g/mol. The summed E-state index contributed by atoms with van der Waals surface area (Å²) in [4.78, 5) is 0. The molecule has 0 fully saturated rings. The largest absolute Gasteiger partial charge is 0.381 e. The first-order valence-electron chi connectivity index (χ1n) is 6.67. The second-order valence-electron chi connectivity index (χ2n) is 4.36. The van der Waals surface area contributed by atoms with Gasteiger partial charge >= 0.3 is 0 Å².